The first-order valence-electron chi connectivity index (χ1n) is 11.4. The third-order valence-corrected chi connectivity index (χ3v) is 5.72. The molecule has 1 aromatic carbocycles. The SMILES string of the molecule is C=NC(=N/C=C(\C)OCc1c(F)c(OC)cc(OC)c1F)Nc1cc(C(=O)N2CCC(O)CC2)n(C)n1. The van der Waals surface area contributed by atoms with E-state index in [-0.39, 0.29) is 40.8 Å². The van der Waals surface area contributed by atoms with Crippen molar-refractivity contribution in [3.05, 3.63) is 47.0 Å². The van der Waals surface area contributed by atoms with Crippen molar-refractivity contribution in [1.29, 1.82) is 0 Å². The Labute approximate surface area is 213 Å². The maximum atomic E-state index is 14.5. The van der Waals surface area contributed by atoms with Crippen LogP contribution in [0.3, 0.4) is 0 Å². The van der Waals surface area contributed by atoms with E-state index in [0.717, 1.165) is 6.07 Å². The summed E-state index contributed by atoms with van der Waals surface area (Å²) in [6.45, 7) is 5.50. The van der Waals surface area contributed by atoms with Gasteiger partial charge >= 0.3 is 0 Å². The molecule has 0 unspecified atom stereocenters. The van der Waals surface area contributed by atoms with Crippen LogP contribution in [0.5, 0.6) is 11.5 Å². The summed E-state index contributed by atoms with van der Waals surface area (Å²) in [6.07, 6.45) is 1.97. The lowest BCUT2D eigenvalue weighted by molar-refractivity contribution is 0.0537. The number of halogens is 2. The summed E-state index contributed by atoms with van der Waals surface area (Å²) in [7, 11) is 4.16. The Morgan fingerprint density at radius 1 is 1.24 bits per heavy atom. The van der Waals surface area contributed by atoms with Gasteiger partial charge in [-0.25, -0.2) is 18.8 Å². The Kier molecular flexibility index (Phi) is 9.17. The number of hydrogen-bond acceptors (Lipinski definition) is 7. The van der Waals surface area contributed by atoms with Crippen molar-refractivity contribution >= 4 is 24.4 Å². The van der Waals surface area contributed by atoms with Crippen molar-refractivity contribution in [2.45, 2.75) is 32.5 Å². The van der Waals surface area contributed by atoms with Gasteiger partial charge in [0.1, 0.15) is 18.1 Å². The Balaban J connectivity index is 1.68. The molecule has 0 spiro atoms. The lowest BCUT2D eigenvalue weighted by Crippen LogP contribution is -2.40. The van der Waals surface area contributed by atoms with Crippen LogP contribution in [0.4, 0.5) is 14.6 Å². The highest BCUT2D eigenvalue weighted by molar-refractivity contribution is 5.98. The van der Waals surface area contributed by atoms with Gasteiger partial charge in [-0.1, -0.05) is 0 Å². The predicted molar refractivity (Wildman–Crippen MR) is 133 cm³/mol. The van der Waals surface area contributed by atoms with Gasteiger partial charge in [0, 0.05) is 32.3 Å². The number of nitrogens with one attached hydrogen (secondary N) is 1. The highest BCUT2D eigenvalue weighted by Crippen LogP contribution is 2.32. The number of aliphatic hydroxyl groups is 1. The molecule has 1 aliphatic rings. The van der Waals surface area contributed by atoms with Crippen molar-refractivity contribution in [3.63, 3.8) is 0 Å². The molecule has 1 saturated heterocycles. The monoisotopic (exact) mass is 520 g/mol. The van der Waals surface area contributed by atoms with Crippen LogP contribution in [0.15, 0.2) is 34.1 Å². The number of rotatable bonds is 8. The first kappa shape index (κ1) is 27.6. The number of aryl methyl sites for hydroxylation is 1. The smallest absolute Gasteiger partial charge is 0.272 e. The van der Waals surface area contributed by atoms with Gasteiger partial charge in [0.05, 0.1) is 32.1 Å². The number of carbonyl (C=O) groups excluding carboxylic acids is 1. The number of hydrogen-bond donors (Lipinski definition) is 2. The van der Waals surface area contributed by atoms with E-state index in [2.05, 4.69) is 27.1 Å². The van der Waals surface area contributed by atoms with Crippen LogP contribution in [-0.2, 0) is 18.4 Å². The zero-order chi connectivity index (χ0) is 27.1. The molecule has 0 saturated carbocycles. The normalized spacial score (nSPS) is 14.9. The molecular formula is C24H30F2N6O5. The number of carbonyl (C=O) groups is 1. The molecule has 3 rings (SSSR count). The number of benzene rings is 1. The zero-order valence-electron chi connectivity index (χ0n) is 21.1. The molecule has 2 N–H and O–H groups in total. The average Bonchev–Trinajstić information content (AvgIpc) is 3.26. The number of aliphatic imine (C=N–C) groups is 2. The molecule has 1 amide bonds. The fraction of sp³-hybridized carbons (Fsp3) is 0.417. The van der Waals surface area contributed by atoms with Crippen LogP contribution in [0.1, 0.15) is 35.8 Å². The number of aliphatic hydroxyl groups excluding tert-OH is 1. The molecule has 0 bridgehead atoms. The summed E-state index contributed by atoms with van der Waals surface area (Å²) in [5.41, 5.74) is -0.00264. The van der Waals surface area contributed by atoms with Crippen molar-refractivity contribution in [2.75, 3.05) is 32.6 Å². The van der Waals surface area contributed by atoms with Gasteiger partial charge < -0.3 is 29.5 Å². The Morgan fingerprint density at radius 2 is 1.86 bits per heavy atom. The number of piperidine rings is 1. The van der Waals surface area contributed by atoms with E-state index in [1.165, 1.54) is 25.1 Å². The third kappa shape index (κ3) is 6.61. The molecule has 1 fully saturated rings. The summed E-state index contributed by atoms with van der Waals surface area (Å²) in [5, 5.41) is 16.8. The van der Waals surface area contributed by atoms with Crippen molar-refractivity contribution in [2.24, 2.45) is 17.0 Å². The second-order valence-electron chi connectivity index (χ2n) is 8.21. The maximum absolute atomic E-state index is 14.5. The first-order valence-corrected chi connectivity index (χ1v) is 11.4. The topological polar surface area (TPSA) is 123 Å². The van der Waals surface area contributed by atoms with Crippen molar-refractivity contribution in [3.8, 4) is 11.5 Å². The molecule has 2 heterocycles. The van der Waals surface area contributed by atoms with Crippen molar-refractivity contribution in [1.82, 2.24) is 14.7 Å². The van der Waals surface area contributed by atoms with E-state index in [1.807, 2.05) is 0 Å². The van der Waals surface area contributed by atoms with Gasteiger partial charge in [0.2, 0.25) is 5.96 Å². The summed E-state index contributed by atoms with van der Waals surface area (Å²) < 4.78 is 45.7. The molecule has 11 nitrogen and oxygen atoms in total. The summed E-state index contributed by atoms with van der Waals surface area (Å²) in [4.78, 5) is 22.4. The van der Waals surface area contributed by atoms with Gasteiger partial charge in [0.15, 0.2) is 29.0 Å². The maximum Gasteiger partial charge on any atom is 0.272 e. The number of allylic oxidation sites excluding steroid dienone is 1. The molecule has 0 radical (unpaired) electrons. The van der Waals surface area contributed by atoms with Crippen molar-refractivity contribution < 1.29 is 32.9 Å². The van der Waals surface area contributed by atoms with Crippen LogP contribution < -0.4 is 14.8 Å². The number of amides is 1. The number of guanidine groups is 1. The molecule has 1 aliphatic heterocycles. The van der Waals surface area contributed by atoms with Crippen LogP contribution in [-0.4, -0.2) is 71.8 Å². The lowest BCUT2D eigenvalue weighted by atomic mass is 10.1. The largest absolute Gasteiger partial charge is 0.494 e. The van der Waals surface area contributed by atoms with Gasteiger partial charge in [-0.3, -0.25) is 9.48 Å². The average molecular weight is 521 g/mol. The van der Waals surface area contributed by atoms with E-state index in [1.54, 1.807) is 24.9 Å². The fourth-order valence-corrected chi connectivity index (χ4v) is 3.63. The van der Waals surface area contributed by atoms with E-state index in [0.29, 0.717) is 37.4 Å². The summed E-state index contributed by atoms with van der Waals surface area (Å²) in [6, 6.07) is 2.67. The first-order chi connectivity index (χ1) is 17.7. The Hall–Kier alpha value is -4.00. The number of methoxy groups -OCH3 is 2. The molecule has 37 heavy (non-hydrogen) atoms. The van der Waals surface area contributed by atoms with E-state index >= 15 is 0 Å². The number of anilines is 1. The number of likely N-dealkylation sites (tertiary alicyclic amines) is 1. The highest BCUT2D eigenvalue weighted by Gasteiger charge is 2.25. The Bertz CT molecular complexity index is 1180. The second kappa shape index (κ2) is 12.3. The van der Waals surface area contributed by atoms with Crippen LogP contribution in [0.2, 0.25) is 0 Å². The second-order valence-corrected chi connectivity index (χ2v) is 8.21. The van der Waals surface area contributed by atoms with E-state index < -0.39 is 18.2 Å². The quantitative estimate of drug-likeness (QED) is 0.312. The van der Waals surface area contributed by atoms with Gasteiger partial charge in [0.25, 0.3) is 5.91 Å². The zero-order valence-corrected chi connectivity index (χ0v) is 21.1. The fourth-order valence-electron chi connectivity index (χ4n) is 3.63. The number of nitrogens with zero attached hydrogens (tertiary/aromatic N) is 5. The minimum Gasteiger partial charge on any atom is -0.494 e. The molecule has 13 heteroatoms. The van der Waals surface area contributed by atoms with Crippen LogP contribution in [0, 0.1) is 11.6 Å². The minimum absolute atomic E-state index is 0.0570. The van der Waals surface area contributed by atoms with Crippen LogP contribution in [0.25, 0.3) is 0 Å². The molecular weight excluding hydrogens is 490 g/mol. The van der Waals surface area contributed by atoms with Gasteiger partial charge in [-0.15, -0.1) is 0 Å². The van der Waals surface area contributed by atoms with E-state index in [4.69, 9.17) is 14.2 Å². The predicted octanol–water partition coefficient (Wildman–Crippen LogP) is 2.86. The number of ether oxygens (including phenoxy) is 3. The molecule has 200 valence electrons. The highest BCUT2D eigenvalue weighted by atomic mass is 19.1. The minimum atomic E-state index is -0.895. The van der Waals surface area contributed by atoms with E-state index in [9.17, 15) is 18.7 Å². The summed E-state index contributed by atoms with van der Waals surface area (Å²) in [5.74, 6) is -1.74. The lowest BCUT2D eigenvalue weighted by Gasteiger charge is -2.29. The summed E-state index contributed by atoms with van der Waals surface area (Å²) >= 11 is 0. The molecule has 0 aliphatic carbocycles. The molecule has 0 atom stereocenters. The molecule has 1 aromatic heterocycles. The Morgan fingerprint density at radius 3 is 2.43 bits per heavy atom. The van der Waals surface area contributed by atoms with Gasteiger partial charge in [-0.2, -0.15) is 5.10 Å². The number of aromatic nitrogens is 2. The third-order valence-electron chi connectivity index (χ3n) is 5.72. The molecule has 2 aromatic rings. The van der Waals surface area contributed by atoms with Gasteiger partial charge in [-0.05, 0) is 26.5 Å². The standard InChI is InChI=1S/C24H30F2N6O5/c1-14(37-13-16-21(25)18(35-4)11-19(36-5)22(16)26)12-28-24(27-2)29-20-10-17(31(3)30-20)23(34)32-8-6-15(33)7-9-32/h10-12,15,33H,2,6-9,13H2,1,3-5H3,(H,28,29,30)/b14-12+. The van der Waals surface area contributed by atoms with Crippen LogP contribution >= 0.6 is 0 Å².